The number of rotatable bonds is 8. The van der Waals surface area contributed by atoms with E-state index in [4.69, 9.17) is 16.3 Å². The van der Waals surface area contributed by atoms with Crippen molar-refractivity contribution >= 4 is 40.2 Å². The Kier molecular flexibility index (Phi) is 10.4. The van der Waals surface area contributed by atoms with E-state index in [-0.39, 0.29) is 24.1 Å². The Morgan fingerprint density at radius 1 is 1.02 bits per heavy atom. The zero-order chi connectivity index (χ0) is 32.0. The van der Waals surface area contributed by atoms with E-state index < -0.39 is 5.60 Å². The molecular formula is C35H40ClN5O3S. The second-order valence-electron chi connectivity index (χ2n) is 12.3. The average molecular weight is 646 g/mol. The van der Waals surface area contributed by atoms with Gasteiger partial charge in [-0.05, 0) is 70.2 Å². The molecule has 1 aliphatic rings. The number of benzene rings is 2. The van der Waals surface area contributed by atoms with Gasteiger partial charge in [-0.3, -0.25) is 10.3 Å². The van der Waals surface area contributed by atoms with Crippen LogP contribution in [-0.4, -0.2) is 63.2 Å². The number of aromatic nitrogens is 2. The number of nitrogens with one attached hydrogen (secondary N) is 1. The Morgan fingerprint density at radius 2 is 1.64 bits per heavy atom. The molecule has 1 fully saturated rings. The second kappa shape index (κ2) is 14.4. The minimum absolute atomic E-state index is 0.0629. The molecule has 0 atom stereocenters. The third kappa shape index (κ3) is 8.61. The van der Waals surface area contributed by atoms with Crippen molar-refractivity contribution < 1.29 is 14.3 Å². The predicted molar refractivity (Wildman–Crippen MR) is 181 cm³/mol. The molecule has 10 heteroatoms. The molecule has 2 aromatic heterocycles. The Morgan fingerprint density at radius 3 is 2.20 bits per heavy atom. The summed E-state index contributed by atoms with van der Waals surface area (Å²) in [5.41, 5.74) is 4.12. The summed E-state index contributed by atoms with van der Waals surface area (Å²) in [7, 11) is 0. The van der Waals surface area contributed by atoms with Crippen LogP contribution < -0.4 is 5.32 Å². The normalized spacial score (nSPS) is 14.0. The molecule has 2 aromatic carbocycles. The number of anilines is 1. The van der Waals surface area contributed by atoms with Crippen LogP contribution >= 0.6 is 22.9 Å². The van der Waals surface area contributed by atoms with E-state index in [1.807, 2.05) is 56.9 Å². The van der Waals surface area contributed by atoms with Crippen molar-refractivity contribution in [1.82, 2.24) is 19.8 Å². The van der Waals surface area contributed by atoms with Gasteiger partial charge in [0.1, 0.15) is 15.6 Å². The number of halogens is 1. The van der Waals surface area contributed by atoms with Crippen LogP contribution in [0, 0.1) is 6.92 Å². The number of urea groups is 1. The molecule has 1 N–H and O–H groups in total. The number of nitrogens with zero attached hydrogens (tertiary/aromatic N) is 4. The fourth-order valence-corrected chi connectivity index (χ4v) is 6.68. The van der Waals surface area contributed by atoms with E-state index in [9.17, 15) is 9.59 Å². The van der Waals surface area contributed by atoms with Gasteiger partial charge in [0.25, 0.3) is 0 Å². The maximum Gasteiger partial charge on any atom is 0.410 e. The summed E-state index contributed by atoms with van der Waals surface area (Å²) in [5, 5.41) is 3.46. The first-order valence-corrected chi connectivity index (χ1v) is 16.5. The van der Waals surface area contributed by atoms with Gasteiger partial charge >= 0.3 is 12.1 Å². The first-order chi connectivity index (χ1) is 21.6. The van der Waals surface area contributed by atoms with Gasteiger partial charge in [-0.1, -0.05) is 83.6 Å². The van der Waals surface area contributed by atoms with Crippen LogP contribution in [-0.2, 0) is 4.74 Å². The number of ether oxygens (including phenoxy) is 1. The summed E-state index contributed by atoms with van der Waals surface area (Å²) >= 11 is 7.81. The highest BCUT2D eigenvalue weighted by Crippen LogP contribution is 2.36. The molecule has 3 heterocycles. The minimum Gasteiger partial charge on any atom is -0.444 e. The lowest BCUT2D eigenvalue weighted by Gasteiger charge is -2.39. The minimum atomic E-state index is -0.563. The molecule has 45 heavy (non-hydrogen) atoms. The highest BCUT2D eigenvalue weighted by atomic mass is 35.5. The third-order valence-electron chi connectivity index (χ3n) is 7.86. The Balaban J connectivity index is 1.36. The highest BCUT2D eigenvalue weighted by molar-refractivity contribution is 7.20. The largest absolute Gasteiger partial charge is 0.444 e. The summed E-state index contributed by atoms with van der Waals surface area (Å²) in [6, 6.07) is 24.3. The summed E-state index contributed by atoms with van der Waals surface area (Å²) < 4.78 is 6.09. The van der Waals surface area contributed by atoms with Crippen LogP contribution in [0.15, 0.2) is 79.0 Å². The van der Waals surface area contributed by atoms with Crippen molar-refractivity contribution in [2.45, 2.75) is 64.5 Å². The lowest BCUT2D eigenvalue weighted by molar-refractivity contribution is 0.0166. The van der Waals surface area contributed by atoms with Crippen LogP contribution in [0.5, 0.6) is 0 Å². The standard InChI is InChI=1S/C35H40ClN5O3S/c1-24-15-16-27(23-37-24)30-31(36)45-32(38-30)39-33(42)41(28-17-20-40(21-18-28)34(43)44-35(2,3)4)22-19-29(25-11-7-5-8-12-25)26-13-9-6-10-14-26/h5-16,23,28-29H,17-22H2,1-4H3,(H,38,39,42). The van der Waals surface area contributed by atoms with Gasteiger partial charge in [0, 0.05) is 49.0 Å². The van der Waals surface area contributed by atoms with Crippen molar-refractivity contribution in [2.24, 2.45) is 0 Å². The molecule has 0 radical (unpaired) electrons. The highest BCUT2D eigenvalue weighted by Gasteiger charge is 2.32. The number of hydrogen-bond acceptors (Lipinski definition) is 6. The number of carbonyl (C=O) groups excluding carboxylic acids is 2. The molecule has 0 bridgehead atoms. The Labute approximate surface area is 274 Å². The summed E-state index contributed by atoms with van der Waals surface area (Å²) in [4.78, 5) is 39.4. The molecule has 1 saturated heterocycles. The number of aryl methyl sites for hydroxylation is 1. The Hall–Kier alpha value is -3.95. The monoisotopic (exact) mass is 645 g/mol. The molecular weight excluding hydrogens is 606 g/mol. The van der Waals surface area contributed by atoms with E-state index >= 15 is 0 Å². The first kappa shape index (κ1) is 32.4. The van der Waals surface area contributed by atoms with E-state index in [1.165, 1.54) is 22.5 Å². The summed E-state index contributed by atoms with van der Waals surface area (Å²) in [6.07, 6.45) is 3.44. The van der Waals surface area contributed by atoms with Crippen LogP contribution in [0.25, 0.3) is 11.3 Å². The predicted octanol–water partition coefficient (Wildman–Crippen LogP) is 8.62. The lowest BCUT2D eigenvalue weighted by atomic mass is 9.88. The zero-order valence-electron chi connectivity index (χ0n) is 26.2. The van der Waals surface area contributed by atoms with Crippen LogP contribution in [0.3, 0.4) is 0 Å². The number of amides is 3. The van der Waals surface area contributed by atoms with Crippen LogP contribution in [0.1, 0.15) is 62.8 Å². The number of pyridine rings is 1. The summed E-state index contributed by atoms with van der Waals surface area (Å²) in [6.45, 7) is 9.06. The number of hydrogen-bond donors (Lipinski definition) is 1. The van der Waals surface area contributed by atoms with Crippen LogP contribution in [0.2, 0.25) is 4.34 Å². The van der Waals surface area contributed by atoms with Gasteiger partial charge in [-0.15, -0.1) is 0 Å². The van der Waals surface area contributed by atoms with E-state index in [0.29, 0.717) is 47.6 Å². The number of thiazole rings is 1. The molecule has 236 valence electrons. The Bertz CT molecular complexity index is 1530. The SMILES string of the molecule is Cc1ccc(-c2nc(NC(=O)N(CCC(c3ccccc3)c3ccccc3)C3CCN(C(=O)OC(C)(C)C)CC3)sc2Cl)cn1. The van der Waals surface area contributed by atoms with Crippen molar-refractivity contribution in [3.63, 3.8) is 0 Å². The maximum absolute atomic E-state index is 14.0. The van der Waals surface area contributed by atoms with Gasteiger partial charge in [0.15, 0.2) is 5.13 Å². The third-order valence-corrected chi connectivity index (χ3v) is 9.03. The molecule has 0 unspecified atom stereocenters. The van der Waals surface area contributed by atoms with E-state index in [2.05, 4.69) is 63.8 Å². The molecule has 8 nitrogen and oxygen atoms in total. The molecule has 5 rings (SSSR count). The quantitative estimate of drug-likeness (QED) is 0.207. The van der Waals surface area contributed by atoms with Gasteiger partial charge in [0.05, 0.1) is 0 Å². The van der Waals surface area contributed by atoms with Crippen molar-refractivity contribution in [3.8, 4) is 11.3 Å². The van der Waals surface area contributed by atoms with Crippen molar-refractivity contribution in [1.29, 1.82) is 0 Å². The zero-order valence-corrected chi connectivity index (χ0v) is 27.8. The maximum atomic E-state index is 14.0. The number of carbonyl (C=O) groups is 2. The molecule has 0 saturated carbocycles. The number of piperidine rings is 1. The fourth-order valence-electron chi connectivity index (χ4n) is 5.61. The van der Waals surface area contributed by atoms with Gasteiger partial charge in [0.2, 0.25) is 0 Å². The second-order valence-corrected chi connectivity index (χ2v) is 13.9. The van der Waals surface area contributed by atoms with Crippen LogP contribution in [0.4, 0.5) is 14.7 Å². The molecule has 4 aromatic rings. The first-order valence-electron chi connectivity index (χ1n) is 15.3. The molecule has 1 aliphatic heterocycles. The molecule has 0 spiro atoms. The topological polar surface area (TPSA) is 87.7 Å². The van der Waals surface area contributed by atoms with E-state index in [1.54, 1.807) is 11.1 Å². The van der Waals surface area contributed by atoms with Gasteiger partial charge in [-0.2, -0.15) is 0 Å². The summed E-state index contributed by atoms with van der Waals surface area (Å²) in [5.74, 6) is 0.111. The van der Waals surface area contributed by atoms with Gasteiger partial charge in [-0.25, -0.2) is 14.6 Å². The molecule has 3 amide bonds. The van der Waals surface area contributed by atoms with Gasteiger partial charge < -0.3 is 14.5 Å². The van der Waals surface area contributed by atoms with Crippen molar-refractivity contribution in [3.05, 3.63) is 100 Å². The lowest BCUT2D eigenvalue weighted by Crippen LogP contribution is -2.51. The molecule has 0 aliphatic carbocycles. The number of likely N-dealkylation sites (tertiary alicyclic amines) is 1. The fraction of sp³-hybridized carbons (Fsp3) is 0.371. The average Bonchev–Trinajstić information content (AvgIpc) is 3.39. The van der Waals surface area contributed by atoms with E-state index in [0.717, 1.165) is 17.7 Å². The smallest absolute Gasteiger partial charge is 0.410 e. The van der Waals surface area contributed by atoms with Crippen molar-refractivity contribution in [2.75, 3.05) is 25.0 Å².